The molecule has 0 aromatic carbocycles. The average Bonchev–Trinajstić information content (AvgIpc) is 3.01. The highest BCUT2D eigenvalue weighted by molar-refractivity contribution is 6.02. The van der Waals surface area contributed by atoms with Crippen LogP contribution in [0.4, 0.5) is 0 Å². The largest absolute Gasteiger partial charge is 0.332 e. The van der Waals surface area contributed by atoms with Gasteiger partial charge in [-0.3, -0.25) is 19.3 Å². The first-order valence-corrected chi connectivity index (χ1v) is 13.2. The minimum absolute atomic E-state index is 0.0315. The molecule has 2 saturated heterocycles. The van der Waals surface area contributed by atoms with Crippen LogP contribution >= 0.6 is 0 Å². The van der Waals surface area contributed by atoms with Crippen LogP contribution in [-0.2, 0) is 14.4 Å². The SMILES string of the molecule is CCCCCCCCCCCC[C@@H]1C(N2C(=O)CCC2=O)CC(C)(C)N(C(C)=O)C1(C)C. The molecule has 0 bridgehead atoms. The van der Waals surface area contributed by atoms with Gasteiger partial charge in [0, 0.05) is 42.8 Å². The van der Waals surface area contributed by atoms with Crippen LogP contribution in [0.1, 0.15) is 131 Å². The molecule has 5 heteroatoms. The number of hydrogen-bond acceptors (Lipinski definition) is 3. The molecule has 184 valence electrons. The van der Waals surface area contributed by atoms with Crippen molar-refractivity contribution in [1.29, 1.82) is 0 Å². The Morgan fingerprint density at radius 3 is 1.78 bits per heavy atom. The maximum Gasteiger partial charge on any atom is 0.229 e. The molecule has 0 N–H and O–H groups in total. The van der Waals surface area contributed by atoms with Crippen LogP contribution in [0, 0.1) is 5.92 Å². The molecule has 0 aliphatic carbocycles. The Kier molecular flexibility index (Phi) is 9.78. The number of nitrogens with zero attached hydrogens (tertiary/aromatic N) is 2. The lowest BCUT2D eigenvalue weighted by Gasteiger charge is -2.60. The van der Waals surface area contributed by atoms with Crippen LogP contribution in [-0.4, -0.2) is 44.6 Å². The highest BCUT2D eigenvalue weighted by Crippen LogP contribution is 2.47. The molecule has 1 unspecified atom stereocenters. The number of carbonyl (C=O) groups excluding carboxylic acids is 3. The Hall–Kier alpha value is -1.39. The van der Waals surface area contributed by atoms with E-state index in [2.05, 4.69) is 34.6 Å². The molecule has 2 aliphatic heterocycles. The maximum atomic E-state index is 12.7. The van der Waals surface area contributed by atoms with Crippen LogP contribution in [0.5, 0.6) is 0 Å². The molecule has 2 aliphatic rings. The number of rotatable bonds is 12. The summed E-state index contributed by atoms with van der Waals surface area (Å²) in [4.78, 5) is 41.5. The molecule has 2 rings (SSSR count). The average molecular weight is 449 g/mol. The zero-order chi connectivity index (χ0) is 23.9. The molecule has 0 saturated carbocycles. The third kappa shape index (κ3) is 6.35. The van der Waals surface area contributed by atoms with E-state index in [1.165, 1.54) is 57.8 Å². The molecule has 2 fully saturated rings. The standard InChI is InChI=1S/C27H48N2O3/c1-7-8-9-10-11-12-13-14-15-16-17-22-23(28-24(31)18-19-25(28)32)20-26(3,4)29(21(2)30)27(22,5)6/h22-23H,7-20H2,1-6H3/t22-,23?/m1/s1. The lowest BCUT2D eigenvalue weighted by atomic mass is 9.67. The van der Waals surface area contributed by atoms with Crippen LogP contribution in [0.25, 0.3) is 0 Å². The van der Waals surface area contributed by atoms with Crippen molar-refractivity contribution in [1.82, 2.24) is 9.80 Å². The first-order valence-electron chi connectivity index (χ1n) is 13.2. The van der Waals surface area contributed by atoms with E-state index in [9.17, 15) is 14.4 Å². The number of carbonyl (C=O) groups is 3. The molecule has 32 heavy (non-hydrogen) atoms. The smallest absolute Gasteiger partial charge is 0.229 e. The van der Waals surface area contributed by atoms with Gasteiger partial charge in [0.05, 0.1) is 0 Å². The molecule has 2 atom stereocenters. The fraction of sp³-hybridized carbons (Fsp3) is 0.889. The number of unbranched alkanes of at least 4 members (excludes halogenated alkanes) is 9. The van der Waals surface area contributed by atoms with Crippen molar-refractivity contribution in [2.24, 2.45) is 5.92 Å². The van der Waals surface area contributed by atoms with Gasteiger partial charge in [0.1, 0.15) is 0 Å². The van der Waals surface area contributed by atoms with Gasteiger partial charge in [0.25, 0.3) is 0 Å². The molecular weight excluding hydrogens is 400 g/mol. The Morgan fingerprint density at radius 2 is 1.31 bits per heavy atom. The summed E-state index contributed by atoms with van der Waals surface area (Å²) in [5.74, 6) is 0.122. The van der Waals surface area contributed by atoms with Gasteiger partial charge in [0.2, 0.25) is 17.7 Å². The first-order chi connectivity index (χ1) is 15.0. The minimum atomic E-state index is -0.402. The summed E-state index contributed by atoms with van der Waals surface area (Å²) in [6.07, 6.45) is 15.1. The van der Waals surface area contributed by atoms with Crippen LogP contribution in [0.15, 0.2) is 0 Å². The van der Waals surface area contributed by atoms with Crippen molar-refractivity contribution in [2.45, 2.75) is 149 Å². The van der Waals surface area contributed by atoms with Crippen LogP contribution in [0.2, 0.25) is 0 Å². The quantitative estimate of drug-likeness (QED) is 0.262. The Bertz CT molecular complexity index is 639. The molecule has 0 aromatic rings. The van der Waals surface area contributed by atoms with Gasteiger partial charge in [-0.2, -0.15) is 0 Å². The predicted molar refractivity (Wildman–Crippen MR) is 130 cm³/mol. The summed E-state index contributed by atoms with van der Waals surface area (Å²) in [7, 11) is 0. The Balaban J connectivity index is 2.01. The maximum absolute atomic E-state index is 12.7. The van der Waals surface area contributed by atoms with Gasteiger partial charge in [0.15, 0.2) is 0 Å². The minimum Gasteiger partial charge on any atom is -0.332 e. The highest BCUT2D eigenvalue weighted by Gasteiger charge is 2.55. The van der Waals surface area contributed by atoms with Crippen molar-refractivity contribution >= 4 is 17.7 Å². The molecule has 3 amide bonds. The Morgan fingerprint density at radius 1 is 0.844 bits per heavy atom. The summed E-state index contributed by atoms with van der Waals surface area (Å²) in [5, 5.41) is 0. The van der Waals surface area contributed by atoms with E-state index in [1.807, 2.05) is 4.90 Å². The second-order valence-corrected chi connectivity index (χ2v) is 11.3. The van der Waals surface area contributed by atoms with E-state index in [4.69, 9.17) is 0 Å². The molecule has 5 nitrogen and oxygen atoms in total. The van der Waals surface area contributed by atoms with Crippen molar-refractivity contribution in [2.75, 3.05) is 0 Å². The van der Waals surface area contributed by atoms with Crippen LogP contribution in [0.3, 0.4) is 0 Å². The number of piperidine rings is 1. The number of imide groups is 1. The van der Waals surface area contributed by atoms with E-state index in [1.54, 1.807) is 11.8 Å². The highest BCUT2D eigenvalue weighted by atomic mass is 16.2. The van der Waals surface area contributed by atoms with Crippen molar-refractivity contribution < 1.29 is 14.4 Å². The third-order valence-corrected chi connectivity index (χ3v) is 7.87. The number of hydrogen-bond donors (Lipinski definition) is 0. The summed E-state index contributed by atoms with van der Waals surface area (Å²) in [6.45, 7) is 12.3. The van der Waals surface area contributed by atoms with E-state index in [0.29, 0.717) is 19.3 Å². The number of likely N-dealkylation sites (tertiary alicyclic amines) is 2. The fourth-order valence-electron chi connectivity index (χ4n) is 6.63. The van der Waals surface area contributed by atoms with Gasteiger partial charge in [-0.05, 0) is 40.5 Å². The van der Waals surface area contributed by atoms with E-state index in [-0.39, 0.29) is 29.7 Å². The van der Waals surface area contributed by atoms with Crippen molar-refractivity contribution in [3.05, 3.63) is 0 Å². The fourth-order valence-corrected chi connectivity index (χ4v) is 6.63. The first kappa shape index (κ1) is 26.9. The predicted octanol–water partition coefficient (Wildman–Crippen LogP) is 6.24. The molecule has 2 heterocycles. The van der Waals surface area contributed by atoms with Gasteiger partial charge in [-0.25, -0.2) is 0 Å². The van der Waals surface area contributed by atoms with E-state index in [0.717, 1.165) is 12.8 Å². The van der Waals surface area contributed by atoms with Gasteiger partial charge in [-0.1, -0.05) is 71.1 Å². The zero-order valence-electron chi connectivity index (χ0n) is 21.7. The lowest BCUT2D eigenvalue weighted by Crippen LogP contribution is -2.70. The van der Waals surface area contributed by atoms with Gasteiger partial charge >= 0.3 is 0 Å². The normalized spacial score (nSPS) is 24.9. The monoisotopic (exact) mass is 448 g/mol. The summed E-state index contributed by atoms with van der Waals surface area (Å²) >= 11 is 0. The van der Waals surface area contributed by atoms with Crippen molar-refractivity contribution in [3.8, 4) is 0 Å². The second kappa shape index (κ2) is 11.7. The molecule has 0 spiro atoms. The van der Waals surface area contributed by atoms with Crippen molar-refractivity contribution in [3.63, 3.8) is 0 Å². The second-order valence-electron chi connectivity index (χ2n) is 11.3. The van der Waals surface area contributed by atoms with Gasteiger partial charge in [-0.15, -0.1) is 0 Å². The summed E-state index contributed by atoms with van der Waals surface area (Å²) in [5.41, 5.74) is -0.794. The molecule has 0 aromatic heterocycles. The molecule has 0 radical (unpaired) electrons. The zero-order valence-corrected chi connectivity index (χ0v) is 21.7. The molecular formula is C27H48N2O3. The summed E-state index contributed by atoms with van der Waals surface area (Å²) < 4.78 is 0. The van der Waals surface area contributed by atoms with E-state index < -0.39 is 11.1 Å². The van der Waals surface area contributed by atoms with Gasteiger partial charge < -0.3 is 4.90 Å². The number of amides is 3. The summed E-state index contributed by atoms with van der Waals surface area (Å²) in [6, 6.07) is -0.114. The topological polar surface area (TPSA) is 57.7 Å². The van der Waals surface area contributed by atoms with E-state index >= 15 is 0 Å². The lowest BCUT2D eigenvalue weighted by molar-refractivity contribution is -0.164. The third-order valence-electron chi connectivity index (χ3n) is 7.87. The Labute approximate surface area is 196 Å². The van der Waals surface area contributed by atoms with Crippen LogP contribution < -0.4 is 0 Å².